The molecule has 68 valence electrons. The number of rotatable bonds is 2. The van der Waals surface area contributed by atoms with Crippen molar-refractivity contribution in [2.24, 2.45) is 0 Å². The molecule has 0 heterocycles. The molecule has 0 aliphatic rings. The Hall–Kier alpha value is -0.900. The number of hydrogen-bond donors (Lipinski definition) is 0. The van der Waals surface area contributed by atoms with Crippen molar-refractivity contribution in [3.8, 4) is 0 Å². The maximum Gasteiger partial charge on any atom is 0.178 e. The molecule has 0 spiro atoms. The summed E-state index contributed by atoms with van der Waals surface area (Å²) < 4.78 is 22.4. The molecule has 0 aliphatic carbocycles. The van der Waals surface area contributed by atoms with Crippen LogP contribution in [0, 0.1) is 0 Å². The van der Waals surface area contributed by atoms with Gasteiger partial charge in [-0.2, -0.15) is 0 Å². The molecule has 0 radical (unpaired) electrons. The molecular weight excluding hydrogens is 179 g/mol. The summed E-state index contributed by atoms with van der Waals surface area (Å²) in [5.74, 6) is 0.164. The molecule has 1 aromatic rings. The molecule has 0 aliphatic heterocycles. The first-order valence-electron chi connectivity index (χ1n) is 3.44. The lowest BCUT2D eigenvalue weighted by molar-refractivity contribution is 0.597. The molecule has 0 N–H and O–H groups in total. The minimum Gasteiger partial charge on any atom is -0.269 e. The Balaban J connectivity index is 0.00000121. The number of benzene rings is 1. The highest BCUT2D eigenvalue weighted by Gasteiger charge is 2.08. The SMILES string of the molecule is CCS(=O)(=O)c1ccccc1.F. The number of hydrogen-bond acceptors (Lipinski definition) is 2. The van der Waals surface area contributed by atoms with Crippen molar-refractivity contribution >= 4 is 9.84 Å². The molecule has 1 aromatic carbocycles. The molecule has 4 heteroatoms. The maximum atomic E-state index is 11.2. The van der Waals surface area contributed by atoms with Gasteiger partial charge in [-0.1, -0.05) is 25.1 Å². The van der Waals surface area contributed by atoms with Gasteiger partial charge in [0.1, 0.15) is 0 Å². The fraction of sp³-hybridized carbons (Fsp3) is 0.250. The molecule has 1 rings (SSSR count). The normalized spacial score (nSPS) is 10.4. The molecule has 0 fully saturated rings. The van der Waals surface area contributed by atoms with E-state index in [4.69, 9.17) is 0 Å². The van der Waals surface area contributed by atoms with E-state index in [0.29, 0.717) is 4.90 Å². The Kier molecular flexibility index (Phi) is 3.89. The van der Waals surface area contributed by atoms with Crippen molar-refractivity contribution in [2.75, 3.05) is 5.75 Å². The van der Waals surface area contributed by atoms with Crippen LogP contribution in [0.2, 0.25) is 0 Å². The summed E-state index contributed by atoms with van der Waals surface area (Å²) in [6, 6.07) is 8.47. The zero-order chi connectivity index (χ0) is 8.32. The second-order valence-corrected chi connectivity index (χ2v) is 4.49. The van der Waals surface area contributed by atoms with Crippen LogP contribution in [-0.4, -0.2) is 14.2 Å². The number of halogens is 1. The number of sulfone groups is 1. The van der Waals surface area contributed by atoms with E-state index < -0.39 is 9.84 Å². The summed E-state index contributed by atoms with van der Waals surface area (Å²) in [5, 5.41) is 0. The van der Waals surface area contributed by atoms with E-state index in [-0.39, 0.29) is 10.5 Å². The second kappa shape index (κ2) is 4.21. The van der Waals surface area contributed by atoms with Crippen molar-refractivity contribution in [3.05, 3.63) is 30.3 Å². The van der Waals surface area contributed by atoms with Gasteiger partial charge in [-0.3, -0.25) is 4.70 Å². The van der Waals surface area contributed by atoms with Crippen LogP contribution in [0.5, 0.6) is 0 Å². The second-order valence-electron chi connectivity index (χ2n) is 2.22. The van der Waals surface area contributed by atoms with E-state index in [1.165, 1.54) is 0 Å². The first-order chi connectivity index (χ1) is 5.17. The molecule has 0 saturated carbocycles. The quantitative estimate of drug-likeness (QED) is 0.710. The largest absolute Gasteiger partial charge is 0.269 e. The third-order valence-corrected chi connectivity index (χ3v) is 3.23. The Morgan fingerprint density at radius 2 is 1.67 bits per heavy atom. The van der Waals surface area contributed by atoms with Crippen LogP contribution < -0.4 is 0 Å². The summed E-state index contributed by atoms with van der Waals surface area (Å²) in [6.45, 7) is 1.64. The standard InChI is InChI=1S/C8H10O2S.FH/c1-2-11(9,10)8-6-4-3-5-7-8;/h3-7H,2H2,1H3;1H. The van der Waals surface area contributed by atoms with E-state index in [0.717, 1.165) is 0 Å². The van der Waals surface area contributed by atoms with Crippen molar-refractivity contribution in [2.45, 2.75) is 11.8 Å². The zero-order valence-corrected chi connectivity index (χ0v) is 7.54. The van der Waals surface area contributed by atoms with Crippen LogP contribution in [0.15, 0.2) is 35.2 Å². The fourth-order valence-corrected chi connectivity index (χ4v) is 1.70. The molecule has 12 heavy (non-hydrogen) atoms. The predicted molar refractivity (Wildman–Crippen MR) is 46.7 cm³/mol. The van der Waals surface area contributed by atoms with Gasteiger partial charge in [-0.15, -0.1) is 0 Å². The lowest BCUT2D eigenvalue weighted by Gasteiger charge is -1.98. The summed E-state index contributed by atoms with van der Waals surface area (Å²) in [6.07, 6.45) is 0. The summed E-state index contributed by atoms with van der Waals surface area (Å²) in [7, 11) is -3.00. The van der Waals surface area contributed by atoms with Gasteiger partial charge < -0.3 is 0 Å². The van der Waals surface area contributed by atoms with E-state index in [1.54, 1.807) is 37.3 Å². The van der Waals surface area contributed by atoms with E-state index in [2.05, 4.69) is 0 Å². The molecule has 0 saturated heterocycles. The van der Waals surface area contributed by atoms with E-state index in [1.807, 2.05) is 0 Å². The highest BCUT2D eigenvalue weighted by Crippen LogP contribution is 2.08. The average Bonchev–Trinajstić information content (AvgIpc) is 2.06. The van der Waals surface area contributed by atoms with Crippen LogP contribution in [0.1, 0.15) is 6.92 Å². The average molecular weight is 190 g/mol. The Labute approximate surface area is 71.5 Å². The fourth-order valence-electron chi connectivity index (χ4n) is 0.794. The van der Waals surface area contributed by atoms with Gasteiger partial charge in [0.25, 0.3) is 0 Å². The highest BCUT2D eigenvalue weighted by atomic mass is 32.2. The van der Waals surface area contributed by atoms with Gasteiger partial charge in [0.2, 0.25) is 0 Å². The molecule has 2 nitrogen and oxygen atoms in total. The van der Waals surface area contributed by atoms with Crippen LogP contribution >= 0.6 is 0 Å². The first kappa shape index (κ1) is 11.1. The predicted octanol–water partition coefficient (Wildman–Crippen LogP) is 1.63. The van der Waals surface area contributed by atoms with Gasteiger partial charge in [-0.05, 0) is 12.1 Å². The van der Waals surface area contributed by atoms with Crippen LogP contribution in [-0.2, 0) is 9.84 Å². The third kappa shape index (κ3) is 2.30. The van der Waals surface area contributed by atoms with Crippen LogP contribution in [0.25, 0.3) is 0 Å². The first-order valence-corrected chi connectivity index (χ1v) is 5.10. The Morgan fingerprint density at radius 1 is 1.17 bits per heavy atom. The lowest BCUT2D eigenvalue weighted by atomic mass is 10.4. The summed E-state index contributed by atoms with van der Waals surface area (Å²) in [4.78, 5) is 0.405. The third-order valence-electron chi connectivity index (χ3n) is 1.48. The Bertz CT molecular complexity index is 318. The van der Waals surface area contributed by atoms with Gasteiger partial charge in [0, 0.05) is 0 Å². The van der Waals surface area contributed by atoms with E-state index in [9.17, 15) is 8.42 Å². The summed E-state index contributed by atoms with van der Waals surface area (Å²) >= 11 is 0. The summed E-state index contributed by atoms with van der Waals surface area (Å²) in [5.41, 5.74) is 0. The van der Waals surface area contributed by atoms with Gasteiger partial charge in [-0.25, -0.2) is 8.42 Å². The van der Waals surface area contributed by atoms with Crippen molar-refractivity contribution in [3.63, 3.8) is 0 Å². The molecule has 0 unspecified atom stereocenters. The van der Waals surface area contributed by atoms with E-state index >= 15 is 0 Å². The minimum atomic E-state index is -3.00. The minimum absolute atomic E-state index is 0. The highest BCUT2D eigenvalue weighted by molar-refractivity contribution is 7.91. The van der Waals surface area contributed by atoms with Gasteiger partial charge >= 0.3 is 0 Å². The lowest BCUT2D eigenvalue weighted by Crippen LogP contribution is -2.02. The molecule has 0 bridgehead atoms. The smallest absolute Gasteiger partial charge is 0.178 e. The molecular formula is C8H11FO2S. The van der Waals surface area contributed by atoms with Gasteiger partial charge in [0.05, 0.1) is 10.6 Å². The monoisotopic (exact) mass is 190 g/mol. The van der Waals surface area contributed by atoms with Crippen LogP contribution in [0.3, 0.4) is 0 Å². The van der Waals surface area contributed by atoms with Crippen molar-refractivity contribution in [1.82, 2.24) is 0 Å². The van der Waals surface area contributed by atoms with Crippen molar-refractivity contribution < 1.29 is 13.1 Å². The van der Waals surface area contributed by atoms with Crippen molar-refractivity contribution in [1.29, 1.82) is 0 Å². The van der Waals surface area contributed by atoms with Crippen LogP contribution in [0.4, 0.5) is 4.70 Å². The zero-order valence-electron chi connectivity index (χ0n) is 6.73. The molecule has 0 amide bonds. The molecule has 0 aromatic heterocycles. The molecule has 0 atom stereocenters. The van der Waals surface area contributed by atoms with Gasteiger partial charge in [0.15, 0.2) is 9.84 Å². The Morgan fingerprint density at radius 3 is 2.08 bits per heavy atom. The maximum absolute atomic E-state index is 11.2. The topological polar surface area (TPSA) is 34.1 Å².